The number of carbonyl (C=O) groups is 6. The third kappa shape index (κ3) is 10.5. The Morgan fingerprint density at radius 1 is 0.794 bits per heavy atom. The Balaban J connectivity index is 3.08. The van der Waals surface area contributed by atoms with Gasteiger partial charge in [-0.3, -0.25) is 24.0 Å². The number of carbonyl (C=O) groups excluding carboxylic acids is 4. The standard InChI is InChI=1S/C21H29N5O8/c22-11-17(28)24-13(7-9-18(29)30)19(31)26-15(10-12-4-2-1-3-5-12)20(32)25-14(21(33)34)6-8-16(23)27/h1-5,13-15H,6-11,22H2,(H2,23,27)(H,24,28)(H,25,32)(H,26,31)(H,29,30)(H,33,34). The highest BCUT2D eigenvalue weighted by Gasteiger charge is 2.30. The second-order valence-corrected chi connectivity index (χ2v) is 7.41. The topological polar surface area (TPSA) is 231 Å². The zero-order valence-electron chi connectivity index (χ0n) is 18.4. The Bertz CT molecular complexity index is 892. The molecule has 0 radical (unpaired) electrons. The lowest BCUT2D eigenvalue weighted by Gasteiger charge is -2.24. The maximum Gasteiger partial charge on any atom is 0.326 e. The lowest BCUT2D eigenvalue weighted by Crippen LogP contribution is -2.57. The van der Waals surface area contributed by atoms with Crippen LogP contribution in [0, 0.1) is 0 Å². The Labute approximate surface area is 195 Å². The first-order chi connectivity index (χ1) is 16.0. The van der Waals surface area contributed by atoms with Crippen LogP contribution < -0.4 is 27.4 Å². The molecule has 0 aliphatic heterocycles. The van der Waals surface area contributed by atoms with E-state index in [1.54, 1.807) is 30.3 Å². The van der Waals surface area contributed by atoms with Gasteiger partial charge in [0.15, 0.2) is 0 Å². The molecule has 1 rings (SSSR count). The Morgan fingerprint density at radius 2 is 1.35 bits per heavy atom. The summed E-state index contributed by atoms with van der Waals surface area (Å²) in [5.41, 5.74) is 10.9. The van der Waals surface area contributed by atoms with Gasteiger partial charge in [0.25, 0.3) is 0 Å². The molecule has 0 aliphatic rings. The van der Waals surface area contributed by atoms with Crippen LogP contribution in [0.5, 0.6) is 0 Å². The fraction of sp³-hybridized carbons (Fsp3) is 0.429. The molecule has 9 N–H and O–H groups in total. The van der Waals surface area contributed by atoms with E-state index in [9.17, 15) is 33.9 Å². The van der Waals surface area contributed by atoms with Gasteiger partial charge in [0, 0.05) is 19.3 Å². The highest BCUT2D eigenvalue weighted by molar-refractivity contribution is 5.94. The zero-order valence-corrected chi connectivity index (χ0v) is 18.4. The molecule has 13 nitrogen and oxygen atoms in total. The van der Waals surface area contributed by atoms with Crippen LogP contribution in [-0.2, 0) is 35.2 Å². The van der Waals surface area contributed by atoms with E-state index >= 15 is 0 Å². The Morgan fingerprint density at radius 3 is 1.88 bits per heavy atom. The molecule has 0 saturated heterocycles. The van der Waals surface area contributed by atoms with E-state index in [2.05, 4.69) is 16.0 Å². The van der Waals surface area contributed by atoms with Gasteiger partial charge in [-0.25, -0.2) is 4.79 Å². The predicted molar refractivity (Wildman–Crippen MR) is 118 cm³/mol. The summed E-state index contributed by atoms with van der Waals surface area (Å²) in [7, 11) is 0. The van der Waals surface area contributed by atoms with Gasteiger partial charge in [0.05, 0.1) is 6.54 Å². The summed E-state index contributed by atoms with van der Waals surface area (Å²) in [4.78, 5) is 70.8. The molecule has 3 atom stereocenters. The number of hydrogen-bond acceptors (Lipinski definition) is 7. The van der Waals surface area contributed by atoms with Crippen molar-refractivity contribution >= 4 is 35.6 Å². The summed E-state index contributed by atoms with van der Waals surface area (Å²) >= 11 is 0. The highest BCUT2D eigenvalue weighted by atomic mass is 16.4. The molecule has 0 fully saturated rings. The maximum absolute atomic E-state index is 12.9. The first-order valence-corrected chi connectivity index (χ1v) is 10.4. The van der Waals surface area contributed by atoms with E-state index in [4.69, 9.17) is 16.6 Å². The second-order valence-electron chi connectivity index (χ2n) is 7.41. The van der Waals surface area contributed by atoms with Crippen LogP contribution in [0.3, 0.4) is 0 Å². The van der Waals surface area contributed by atoms with Crippen molar-refractivity contribution in [3.8, 4) is 0 Å². The number of benzene rings is 1. The van der Waals surface area contributed by atoms with Crippen molar-refractivity contribution in [1.82, 2.24) is 16.0 Å². The summed E-state index contributed by atoms with van der Waals surface area (Å²) < 4.78 is 0. The molecule has 0 aromatic heterocycles. The number of rotatable bonds is 15. The minimum absolute atomic E-state index is 0.0307. The van der Waals surface area contributed by atoms with E-state index in [1.165, 1.54) is 0 Å². The fourth-order valence-electron chi connectivity index (χ4n) is 2.94. The normalized spacial score (nSPS) is 13.1. The minimum Gasteiger partial charge on any atom is -0.481 e. The molecule has 0 aliphatic carbocycles. The first kappa shape index (κ1) is 28.0. The lowest BCUT2D eigenvalue weighted by atomic mass is 10.0. The van der Waals surface area contributed by atoms with Gasteiger partial charge < -0.3 is 37.6 Å². The van der Waals surface area contributed by atoms with Crippen molar-refractivity contribution in [2.24, 2.45) is 11.5 Å². The molecule has 186 valence electrons. The van der Waals surface area contributed by atoms with E-state index in [0.717, 1.165) is 0 Å². The number of aliphatic carboxylic acids is 2. The van der Waals surface area contributed by atoms with Crippen LogP contribution in [0.15, 0.2) is 30.3 Å². The van der Waals surface area contributed by atoms with E-state index in [0.29, 0.717) is 5.56 Å². The Hall–Kier alpha value is -4.00. The van der Waals surface area contributed by atoms with E-state index in [-0.39, 0.29) is 25.7 Å². The smallest absolute Gasteiger partial charge is 0.326 e. The lowest BCUT2D eigenvalue weighted by molar-refractivity contribution is -0.142. The summed E-state index contributed by atoms with van der Waals surface area (Å²) in [6.45, 7) is -0.440. The molecule has 0 heterocycles. The van der Waals surface area contributed by atoms with Crippen LogP contribution in [-0.4, -0.2) is 70.5 Å². The van der Waals surface area contributed by atoms with Gasteiger partial charge in [-0.05, 0) is 18.4 Å². The molecular weight excluding hydrogens is 450 g/mol. The molecular formula is C21H29N5O8. The molecule has 0 bridgehead atoms. The monoisotopic (exact) mass is 479 g/mol. The van der Waals surface area contributed by atoms with Gasteiger partial charge in [-0.2, -0.15) is 0 Å². The van der Waals surface area contributed by atoms with E-state index < -0.39 is 66.7 Å². The number of nitrogens with two attached hydrogens (primary N) is 2. The number of carboxylic acid groups (broad SMARTS) is 2. The van der Waals surface area contributed by atoms with Gasteiger partial charge in [-0.15, -0.1) is 0 Å². The fourth-order valence-corrected chi connectivity index (χ4v) is 2.94. The van der Waals surface area contributed by atoms with Crippen molar-refractivity contribution in [1.29, 1.82) is 0 Å². The molecule has 3 unspecified atom stereocenters. The Kier molecular flexibility index (Phi) is 11.7. The molecule has 13 heteroatoms. The average Bonchev–Trinajstić information content (AvgIpc) is 2.78. The van der Waals surface area contributed by atoms with Crippen LogP contribution in [0.1, 0.15) is 31.2 Å². The molecule has 0 spiro atoms. The van der Waals surface area contributed by atoms with Crippen molar-refractivity contribution in [3.63, 3.8) is 0 Å². The number of hydrogen-bond donors (Lipinski definition) is 7. The van der Waals surface area contributed by atoms with E-state index in [1.807, 2.05) is 0 Å². The number of primary amides is 1. The van der Waals surface area contributed by atoms with Crippen LogP contribution in [0.2, 0.25) is 0 Å². The van der Waals surface area contributed by atoms with Crippen molar-refractivity contribution in [2.75, 3.05) is 6.54 Å². The zero-order chi connectivity index (χ0) is 25.7. The van der Waals surface area contributed by atoms with Gasteiger partial charge in [-0.1, -0.05) is 30.3 Å². The number of nitrogens with one attached hydrogen (secondary N) is 3. The van der Waals surface area contributed by atoms with Gasteiger partial charge in [0.2, 0.25) is 23.6 Å². The van der Waals surface area contributed by atoms with Crippen molar-refractivity contribution in [3.05, 3.63) is 35.9 Å². The first-order valence-electron chi connectivity index (χ1n) is 10.4. The van der Waals surface area contributed by atoms with Gasteiger partial charge in [0.1, 0.15) is 18.1 Å². The molecule has 1 aromatic carbocycles. The summed E-state index contributed by atoms with van der Waals surface area (Å²) in [5, 5.41) is 25.3. The van der Waals surface area contributed by atoms with Crippen LogP contribution >= 0.6 is 0 Å². The average molecular weight is 479 g/mol. The number of amides is 4. The largest absolute Gasteiger partial charge is 0.481 e. The van der Waals surface area contributed by atoms with Gasteiger partial charge >= 0.3 is 11.9 Å². The molecule has 4 amide bonds. The van der Waals surface area contributed by atoms with Crippen molar-refractivity contribution < 1.29 is 39.0 Å². The van der Waals surface area contributed by atoms with Crippen LogP contribution in [0.4, 0.5) is 0 Å². The minimum atomic E-state index is -1.44. The highest BCUT2D eigenvalue weighted by Crippen LogP contribution is 2.07. The predicted octanol–water partition coefficient (Wildman–Crippen LogP) is -2.14. The summed E-state index contributed by atoms with van der Waals surface area (Å²) in [6.07, 6.45) is -1.27. The second kappa shape index (κ2) is 14.2. The third-order valence-corrected chi connectivity index (χ3v) is 4.69. The SMILES string of the molecule is NCC(=O)NC(CCC(=O)O)C(=O)NC(Cc1ccccc1)C(=O)NC(CCC(N)=O)C(=O)O. The maximum atomic E-state index is 12.9. The van der Waals surface area contributed by atoms with Crippen molar-refractivity contribution in [2.45, 2.75) is 50.2 Å². The molecule has 1 aromatic rings. The quantitative estimate of drug-likeness (QED) is 0.145. The molecule has 0 saturated carbocycles. The molecule has 34 heavy (non-hydrogen) atoms. The summed E-state index contributed by atoms with van der Waals surface area (Å²) in [6, 6.07) is 4.53. The number of carboxylic acids is 2. The third-order valence-electron chi connectivity index (χ3n) is 4.69. The van der Waals surface area contributed by atoms with Crippen LogP contribution in [0.25, 0.3) is 0 Å². The summed E-state index contributed by atoms with van der Waals surface area (Å²) in [5.74, 6) is -5.73.